The molecule has 0 heterocycles. The van der Waals surface area contributed by atoms with Crippen molar-refractivity contribution < 1.29 is 14.7 Å². The van der Waals surface area contributed by atoms with Crippen molar-refractivity contribution in [2.45, 2.75) is 40.0 Å². The van der Waals surface area contributed by atoms with Crippen LogP contribution in [-0.2, 0) is 9.59 Å². The number of carbonyl (C=O) groups is 2. The second kappa shape index (κ2) is 3.71. The molecule has 80 valence electrons. The molecule has 0 aromatic rings. The van der Waals surface area contributed by atoms with Crippen LogP contribution in [0.4, 0.5) is 0 Å². The van der Waals surface area contributed by atoms with Gasteiger partial charge in [-0.15, -0.1) is 0 Å². The van der Waals surface area contributed by atoms with E-state index < -0.39 is 11.4 Å². The molecule has 0 radical (unpaired) electrons. The van der Waals surface area contributed by atoms with Crippen molar-refractivity contribution in [2.24, 2.45) is 17.3 Å². The van der Waals surface area contributed by atoms with E-state index in [1.807, 2.05) is 13.8 Å². The number of rotatable bonds is 2. The zero-order valence-electron chi connectivity index (χ0n) is 9.04. The van der Waals surface area contributed by atoms with E-state index in [0.717, 1.165) is 6.42 Å². The Morgan fingerprint density at radius 2 is 2.14 bits per heavy atom. The molecule has 1 saturated carbocycles. The molecule has 0 spiro atoms. The lowest BCUT2D eigenvalue weighted by molar-refractivity contribution is -0.154. The topological polar surface area (TPSA) is 54.4 Å². The fourth-order valence-corrected chi connectivity index (χ4v) is 2.13. The number of Topliss-reactive ketones (excluding diaryl/α,β-unsaturated/α-hetero) is 1. The van der Waals surface area contributed by atoms with Gasteiger partial charge < -0.3 is 5.11 Å². The summed E-state index contributed by atoms with van der Waals surface area (Å²) in [6, 6.07) is 0. The van der Waals surface area contributed by atoms with Crippen LogP contribution >= 0.6 is 0 Å². The van der Waals surface area contributed by atoms with Gasteiger partial charge in [-0.1, -0.05) is 13.8 Å². The van der Waals surface area contributed by atoms with E-state index in [0.29, 0.717) is 12.3 Å². The molecule has 0 aromatic heterocycles. The molecule has 2 unspecified atom stereocenters. The second-order valence-electron chi connectivity index (χ2n) is 4.90. The average molecular weight is 198 g/mol. The van der Waals surface area contributed by atoms with Crippen LogP contribution in [0.25, 0.3) is 0 Å². The number of hydrogen-bond donors (Lipinski definition) is 1. The first-order valence-electron chi connectivity index (χ1n) is 5.13. The molecule has 14 heavy (non-hydrogen) atoms. The van der Waals surface area contributed by atoms with E-state index >= 15 is 0 Å². The quantitative estimate of drug-likeness (QED) is 0.739. The van der Waals surface area contributed by atoms with E-state index in [-0.39, 0.29) is 18.1 Å². The molecule has 1 rings (SSSR count). The number of aliphatic carboxylic acids is 1. The maximum atomic E-state index is 11.7. The van der Waals surface area contributed by atoms with E-state index in [9.17, 15) is 9.59 Å². The predicted molar refractivity (Wildman–Crippen MR) is 52.9 cm³/mol. The summed E-state index contributed by atoms with van der Waals surface area (Å²) in [6.07, 6.45) is 1.54. The molecule has 3 heteroatoms. The molecule has 3 nitrogen and oxygen atoms in total. The van der Waals surface area contributed by atoms with Gasteiger partial charge in [-0.2, -0.15) is 0 Å². The summed E-state index contributed by atoms with van der Waals surface area (Å²) in [6.45, 7) is 5.71. The predicted octanol–water partition coefficient (Wildman–Crippen LogP) is 2.10. The van der Waals surface area contributed by atoms with Gasteiger partial charge in [0.15, 0.2) is 0 Å². The van der Waals surface area contributed by atoms with Crippen LogP contribution in [0, 0.1) is 17.3 Å². The van der Waals surface area contributed by atoms with Crippen LogP contribution in [0.2, 0.25) is 0 Å². The third kappa shape index (κ3) is 1.97. The smallest absolute Gasteiger partial charge is 0.309 e. The van der Waals surface area contributed by atoms with Crippen molar-refractivity contribution in [1.82, 2.24) is 0 Å². The number of ketones is 1. The molecule has 1 N–H and O–H groups in total. The first-order chi connectivity index (χ1) is 6.37. The minimum absolute atomic E-state index is 0.0717. The average Bonchev–Trinajstić information content (AvgIpc) is 2.02. The SMILES string of the molecule is CC(C)C1CCC(C)(C(=O)O)CC1=O. The van der Waals surface area contributed by atoms with Gasteiger partial charge in [-0.3, -0.25) is 9.59 Å². The Bertz CT molecular complexity index is 257. The molecule has 2 atom stereocenters. The highest BCUT2D eigenvalue weighted by Crippen LogP contribution is 2.39. The fraction of sp³-hybridized carbons (Fsp3) is 0.818. The zero-order chi connectivity index (χ0) is 10.9. The number of carboxylic acid groups (broad SMARTS) is 1. The largest absolute Gasteiger partial charge is 0.481 e. The summed E-state index contributed by atoms with van der Waals surface area (Å²) in [5.41, 5.74) is -0.817. The Morgan fingerprint density at radius 1 is 1.57 bits per heavy atom. The minimum Gasteiger partial charge on any atom is -0.481 e. The molecule has 0 aromatic carbocycles. The Labute approximate surface area is 84.5 Å². The van der Waals surface area contributed by atoms with Gasteiger partial charge in [-0.25, -0.2) is 0 Å². The molecule has 1 aliphatic rings. The molecule has 0 bridgehead atoms. The van der Waals surface area contributed by atoms with Crippen molar-refractivity contribution in [1.29, 1.82) is 0 Å². The molecule has 0 aliphatic heterocycles. The van der Waals surface area contributed by atoms with Crippen LogP contribution in [0.5, 0.6) is 0 Å². The number of hydrogen-bond acceptors (Lipinski definition) is 2. The maximum absolute atomic E-state index is 11.7. The third-order valence-corrected chi connectivity index (χ3v) is 3.31. The van der Waals surface area contributed by atoms with Crippen LogP contribution in [0.1, 0.15) is 40.0 Å². The molecule has 0 amide bonds. The first-order valence-corrected chi connectivity index (χ1v) is 5.13. The summed E-state index contributed by atoms with van der Waals surface area (Å²) in [5, 5.41) is 8.99. The standard InChI is InChI=1S/C11H18O3/c1-7(2)8-4-5-11(3,10(13)14)6-9(8)12/h7-8H,4-6H2,1-3H3,(H,13,14). The van der Waals surface area contributed by atoms with E-state index in [4.69, 9.17) is 5.11 Å². The van der Waals surface area contributed by atoms with Gasteiger partial charge in [0.25, 0.3) is 0 Å². The summed E-state index contributed by atoms with van der Waals surface area (Å²) in [4.78, 5) is 22.6. The molecule has 0 saturated heterocycles. The highest BCUT2D eigenvalue weighted by molar-refractivity contribution is 5.88. The van der Waals surface area contributed by atoms with Crippen molar-refractivity contribution in [3.8, 4) is 0 Å². The van der Waals surface area contributed by atoms with E-state index in [1.165, 1.54) is 0 Å². The molecule has 1 fully saturated rings. The molecule has 1 aliphatic carbocycles. The third-order valence-electron chi connectivity index (χ3n) is 3.31. The normalized spacial score (nSPS) is 33.4. The molecular formula is C11H18O3. The summed E-state index contributed by atoms with van der Waals surface area (Å²) in [7, 11) is 0. The van der Waals surface area contributed by atoms with Crippen molar-refractivity contribution in [3.63, 3.8) is 0 Å². The van der Waals surface area contributed by atoms with Crippen LogP contribution in [0.15, 0.2) is 0 Å². The fourth-order valence-electron chi connectivity index (χ4n) is 2.13. The Morgan fingerprint density at radius 3 is 2.50 bits per heavy atom. The van der Waals surface area contributed by atoms with Crippen LogP contribution < -0.4 is 0 Å². The Kier molecular flexibility index (Phi) is 2.98. The van der Waals surface area contributed by atoms with Crippen LogP contribution in [-0.4, -0.2) is 16.9 Å². The van der Waals surface area contributed by atoms with Crippen molar-refractivity contribution in [3.05, 3.63) is 0 Å². The molecular weight excluding hydrogens is 180 g/mol. The lowest BCUT2D eigenvalue weighted by Crippen LogP contribution is -2.39. The lowest BCUT2D eigenvalue weighted by atomic mass is 9.68. The first kappa shape index (κ1) is 11.2. The van der Waals surface area contributed by atoms with Gasteiger partial charge in [0.05, 0.1) is 5.41 Å². The number of carbonyl (C=O) groups excluding carboxylic acids is 1. The summed E-state index contributed by atoms with van der Waals surface area (Å²) >= 11 is 0. The summed E-state index contributed by atoms with van der Waals surface area (Å²) < 4.78 is 0. The van der Waals surface area contributed by atoms with Crippen molar-refractivity contribution in [2.75, 3.05) is 0 Å². The van der Waals surface area contributed by atoms with Gasteiger partial charge in [0, 0.05) is 12.3 Å². The zero-order valence-corrected chi connectivity index (χ0v) is 9.04. The van der Waals surface area contributed by atoms with Gasteiger partial charge in [0.2, 0.25) is 0 Å². The Balaban J connectivity index is 2.73. The van der Waals surface area contributed by atoms with E-state index in [2.05, 4.69) is 0 Å². The summed E-state index contributed by atoms with van der Waals surface area (Å²) in [5.74, 6) is -0.313. The Hall–Kier alpha value is -0.860. The second-order valence-corrected chi connectivity index (χ2v) is 4.90. The van der Waals surface area contributed by atoms with E-state index in [1.54, 1.807) is 6.92 Å². The van der Waals surface area contributed by atoms with Crippen LogP contribution in [0.3, 0.4) is 0 Å². The highest BCUT2D eigenvalue weighted by Gasteiger charge is 2.42. The lowest BCUT2D eigenvalue weighted by Gasteiger charge is -2.34. The number of carboxylic acids is 1. The van der Waals surface area contributed by atoms with Crippen molar-refractivity contribution >= 4 is 11.8 Å². The highest BCUT2D eigenvalue weighted by atomic mass is 16.4. The monoisotopic (exact) mass is 198 g/mol. The maximum Gasteiger partial charge on any atom is 0.309 e. The van der Waals surface area contributed by atoms with Gasteiger partial charge >= 0.3 is 5.97 Å². The van der Waals surface area contributed by atoms with Gasteiger partial charge in [0.1, 0.15) is 5.78 Å². The van der Waals surface area contributed by atoms with Gasteiger partial charge in [-0.05, 0) is 25.7 Å². The minimum atomic E-state index is -0.840.